The van der Waals surface area contributed by atoms with Gasteiger partial charge in [0, 0.05) is 0 Å². The Hall–Kier alpha value is -2.44. The summed E-state index contributed by atoms with van der Waals surface area (Å²) in [6, 6.07) is 10.9. The first-order valence-corrected chi connectivity index (χ1v) is 8.95. The second kappa shape index (κ2) is 7.85. The van der Waals surface area contributed by atoms with Crippen molar-refractivity contribution in [2.24, 2.45) is 0 Å². The van der Waals surface area contributed by atoms with E-state index in [9.17, 15) is 9.18 Å². The Bertz CT molecular complexity index is 940. The van der Waals surface area contributed by atoms with Gasteiger partial charge in [-0.2, -0.15) is 0 Å². The topological polar surface area (TPSA) is 48.4 Å². The number of hydrogen-bond acceptors (Lipinski definition) is 5. The maximum absolute atomic E-state index is 12.9. The molecule has 26 heavy (non-hydrogen) atoms. The average molecular weight is 392 g/mol. The maximum Gasteiger partial charge on any atom is 0.355 e. The van der Waals surface area contributed by atoms with Crippen molar-refractivity contribution < 1.29 is 18.7 Å². The SMILES string of the molecule is Cc1ccc(Cl)c(OC(=O)c2sc(COc3ccc(F)cc3)nc2C)c1. The van der Waals surface area contributed by atoms with Gasteiger partial charge in [0.25, 0.3) is 0 Å². The zero-order valence-corrected chi connectivity index (χ0v) is 15.7. The first-order valence-electron chi connectivity index (χ1n) is 7.75. The lowest BCUT2D eigenvalue weighted by Crippen LogP contribution is -2.08. The fraction of sp³-hybridized carbons (Fsp3) is 0.158. The molecule has 3 aromatic rings. The molecule has 0 unspecified atom stereocenters. The van der Waals surface area contributed by atoms with Crippen LogP contribution in [0.4, 0.5) is 4.39 Å². The first kappa shape index (κ1) is 18.4. The quantitative estimate of drug-likeness (QED) is 0.434. The number of nitrogens with zero attached hydrogens (tertiary/aromatic N) is 1. The van der Waals surface area contributed by atoms with E-state index in [1.165, 1.54) is 35.6 Å². The Kier molecular flexibility index (Phi) is 5.54. The van der Waals surface area contributed by atoms with E-state index in [2.05, 4.69) is 4.98 Å². The van der Waals surface area contributed by atoms with E-state index in [1.54, 1.807) is 19.1 Å². The van der Waals surface area contributed by atoms with Gasteiger partial charge >= 0.3 is 5.97 Å². The Morgan fingerprint density at radius 1 is 1.19 bits per heavy atom. The highest BCUT2D eigenvalue weighted by Gasteiger charge is 2.19. The molecule has 0 bridgehead atoms. The third-order valence-corrected chi connectivity index (χ3v) is 4.91. The number of carbonyl (C=O) groups excluding carboxylic acids is 1. The molecule has 1 aromatic heterocycles. The van der Waals surface area contributed by atoms with Gasteiger partial charge in [-0.15, -0.1) is 11.3 Å². The van der Waals surface area contributed by atoms with E-state index in [-0.39, 0.29) is 12.4 Å². The van der Waals surface area contributed by atoms with Crippen LogP contribution < -0.4 is 9.47 Å². The molecular formula is C19H15ClFNO3S. The Balaban J connectivity index is 1.69. The van der Waals surface area contributed by atoms with Gasteiger partial charge in [0.1, 0.15) is 33.8 Å². The normalized spacial score (nSPS) is 10.6. The zero-order valence-electron chi connectivity index (χ0n) is 14.1. The molecule has 0 radical (unpaired) electrons. The van der Waals surface area contributed by atoms with Crippen LogP contribution in [0.3, 0.4) is 0 Å². The minimum absolute atomic E-state index is 0.176. The Labute approximate surface area is 159 Å². The minimum atomic E-state index is -0.513. The number of aryl methyl sites for hydroxylation is 2. The number of ether oxygens (including phenoxy) is 2. The standard InChI is InChI=1S/C19H15ClFNO3S/c1-11-3-8-15(20)16(9-11)25-19(23)18-12(2)22-17(26-18)10-24-14-6-4-13(21)5-7-14/h3-9H,10H2,1-2H3. The number of halogens is 2. The van der Waals surface area contributed by atoms with Gasteiger partial charge in [0.15, 0.2) is 0 Å². The van der Waals surface area contributed by atoms with Gasteiger partial charge in [0.05, 0.1) is 10.7 Å². The highest BCUT2D eigenvalue weighted by Crippen LogP contribution is 2.28. The average Bonchev–Trinajstić information content (AvgIpc) is 2.98. The number of thiazole rings is 1. The lowest BCUT2D eigenvalue weighted by atomic mass is 10.2. The van der Waals surface area contributed by atoms with Crippen molar-refractivity contribution in [3.05, 3.63) is 74.4 Å². The molecular weight excluding hydrogens is 377 g/mol. The van der Waals surface area contributed by atoms with Crippen molar-refractivity contribution in [2.75, 3.05) is 0 Å². The summed E-state index contributed by atoms with van der Waals surface area (Å²) < 4.78 is 23.9. The summed E-state index contributed by atoms with van der Waals surface area (Å²) >= 11 is 7.26. The van der Waals surface area contributed by atoms with E-state index >= 15 is 0 Å². The fourth-order valence-corrected chi connectivity index (χ4v) is 3.22. The lowest BCUT2D eigenvalue weighted by molar-refractivity contribution is 0.0739. The summed E-state index contributed by atoms with van der Waals surface area (Å²) in [5, 5.41) is 0.986. The molecule has 0 aliphatic heterocycles. The van der Waals surface area contributed by atoms with Crippen LogP contribution in [0.5, 0.6) is 11.5 Å². The van der Waals surface area contributed by atoms with Gasteiger partial charge in [-0.05, 0) is 55.8 Å². The summed E-state index contributed by atoms with van der Waals surface area (Å²) in [5.74, 6) is -0.00804. The molecule has 0 aliphatic rings. The van der Waals surface area contributed by atoms with Crippen LogP contribution in [0.25, 0.3) is 0 Å². The smallest absolute Gasteiger partial charge is 0.355 e. The molecule has 0 spiro atoms. The van der Waals surface area contributed by atoms with Gasteiger partial charge < -0.3 is 9.47 Å². The van der Waals surface area contributed by atoms with Gasteiger partial charge in [-0.1, -0.05) is 17.7 Å². The number of rotatable bonds is 5. The molecule has 134 valence electrons. The fourth-order valence-electron chi connectivity index (χ4n) is 2.21. The molecule has 2 aromatic carbocycles. The molecule has 0 saturated carbocycles. The maximum atomic E-state index is 12.9. The van der Waals surface area contributed by atoms with Crippen LogP contribution >= 0.6 is 22.9 Å². The van der Waals surface area contributed by atoms with Crippen LogP contribution in [0.2, 0.25) is 5.02 Å². The number of carbonyl (C=O) groups is 1. The highest BCUT2D eigenvalue weighted by molar-refractivity contribution is 7.13. The molecule has 0 aliphatic carbocycles. The van der Waals surface area contributed by atoms with Crippen molar-refractivity contribution in [1.82, 2.24) is 4.98 Å². The number of benzene rings is 2. The van der Waals surface area contributed by atoms with Crippen LogP contribution in [0.1, 0.15) is 25.9 Å². The van der Waals surface area contributed by atoms with Crippen LogP contribution in [-0.2, 0) is 6.61 Å². The Morgan fingerprint density at radius 2 is 1.92 bits per heavy atom. The predicted octanol–water partition coefficient (Wildman–Crippen LogP) is 5.35. The summed E-state index contributed by atoms with van der Waals surface area (Å²) in [5.41, 5.74) is 1.49. The van der Waals surface area contributed by atoms with E-state index < -0.39 is 5.97 Å². The van der Waals surface area contributed by atoms with E-state index in [0.29, 0.717) is 32.1 Å². The van der Waals surface area contributed by atoms with Crippen molar-refractivity contribution in [3.63, 3.8) is 0 Å². The Morgan fingerprint density at radius 3 is 2.65 bits per heavy atom. The van der Waals surface area contributed by atoms with Crippen LogP contribution in [0, 0.1) is 19.7 Å². The van der Waals surface area contributed by atoms with E-state index in [1.807, 2.05) is 13.0 Å². The minimum Gasteiger partial charge on any atom is -0.486 e. The number of esters is 1. The summed E-state index contributed by atoms with van der Waals surface area (Å²) in [6.45, 7) is 3.79. The van der Waals surface area contributed by atoms with E-state index in [0.717, 1.165) is 5.56 Å². The molecule has 0 amide bonds. The highest BCUT2D eigenvalue weighted by atomic mass is 35.5. The summed E-state index contributed by atoms with van der Waals surface area (Å²) in [4.78, 5) is 17.2. The van der Waals surface area contributed by atoms with Crippen molar-refractivity contribution in [2.45, 2.75) is 20.5 Å². The molecule has 0 saturated heterocycles. The molecule has 3 rings (SSSR count). The second-order valence-electron chi connectivity index (χ2n) is 5.59. The van der Waals surface area contributed by atoms with Gasteiger partial charge in [-0.3, -0.25) is 0 Å². The monoisotopic (exact) mass is 391 g/mol. The molecule has 0 atom stereocenters. The van der Waals surface area contributed by atoms with Crippen LogP contribution in [0.15, 0.2) is 42.5 Å². The predicted molar refractivity (Wildman–Crippen MR) is 98.7 cm³/mol. The third kappa shape index (κ3) is 4.39. The molecule has 0 fully saturated rings. The summed E-state index contributed by atoms with van der Waals surface area (Å²) in [6.07, 6.45) is 0. The largest absolute Gasteiger partial charge is 0.486 e. The summed E-state index contributed by atoms with van der Waals surface area (Å²) in [7, 11) is 0. The van der Waals surface area contributed by atoms with Crippen molar-refractivity contribution >= 4 is 28.9 Å². The molecule has 0 N–H and O–H groups in total. The number of hydrogen-bond donors (Lipinski definition) is 0. The third-order valence-electron chi connectivity index (χ3n) is 3.49. The van der Waals surface area contributed by atoms with Gasteiger partial charge in [-0.25, -0.2) is 14.2 Å². The lowest BCUT2D eigenvalue weighted by Gasteiger charge is -2.06. The number of aromatic nitrogens is 1. The van der Waals surface area contributed by atoms with Crippen molar-refractivity contribution in [3.8, 4) is 11.5 Å². The first-order chi connectivity index (χ1) is 12.4. The molecule has 7 heteroatoms. The van der Waals surface area contributed by atoms with Crippen LogP contribution in [-0.4, -0.2) is 11.0 Å². The zero-order chi connectivity index (χ0) is 18.7. The second-order valence-corrected chi connectivity index (χ2v) is 7.08. The van der Waals surface area contributed by atoms with Gasteiger partial charge in [0.2, 0.25) is 0 Å². The molecule has 1 heterocycles. The van der Waals surface area contributed by atoms with E-state index in [4.69, 9.17) is 21.1 Å². The van der Waals surface area contributed by atoms with Crippen molar-refractivity contribution in [1.29, 1.82) is 0 Å². The molecule has 4 nitrogen and oxygen atoms in total.